The third-order valence-electron chi connectivity index (χ3n) is 5.19. The number of aryl methyl sites for hydroxylation is 1. The van der Waals surface area contributed by atoms with Gasteiger partial charge in [0, 0.05) is 18.0 Å². The van der Waals surface area contributed by atoms with Crippen molar-refractivity contribution in [2.75, 3.05) is 13.2 Å². The van der Waals surface area contributed by atoms with E-state index in [0.29, 0.717) is 19.8 Å². The van der Waals surface area contributed by atoms with Gasteiger partial charge < -0.3 is 18.8 Å². The van der Waals surface area contributed by atoms with Crippen molar-refractivity contribution in [3.05, 3.63) is 84.7 Å². The van der Waals surface area contributed by atoms with Crippen molar-refractivity contribution in [3.63, 3.8) is 0 Å². The van der Waals surface area contributed by atoms with E-state index in [1.165, 1.54) is 5.56 Å². The topological polar surface area (TPSA) is 89.1 Å². The fourth-order valence-electron chi connectivity index (χ4n) is 3.56. The molecule has 0 saturated carbocycles. The van der Waals surface area contributed by atoms with E-state index in [1.807, 2.05) is 47.2 Å². The smallest absolute Gasteiger partial charge is 0.214 e. The third-order valence-corrected chi connectivity index (χ3v) is 5.19. The molecular weight excluding hydrogens is 396 g/mol. The number of tetrazole rings is 1. The summed E-state index contributed by atoms with van der Waals surface area (Å²) >= 11 is 0. The Morgan fingerprint density at radius 2 is 1.94 bits per heavy atom. The molecule has 4 aromatic rings. The quantitative estimate of drug-likeness (QED) is 0.456. The van der Waals surface area contributed by atoms with Crippen molar-refractivity contribution >= 4 is 0 Å². The van der Waals surface area contributed by atoms with Crippen LogP contribution in [0.15, 0.2) is 73.6 Å². The zero-order chi connectivity index (χ0) is 21.1. The van der Waals surface area contributed by atoms with Gasteiger partial charge in [-0.1, -0.05) is 29.8 Å². The number of hydrogen-bond acceptors (Lipinski definition) is 7. The van der Waals surface area contributed by atoms with Crippen LogP contribution in [0.1, 0.15) is 11.1 Å². The molecule has 0 N–H and O–H groups in total. The summed E-state index contributed by atoms with van der Waals surface area (Å²) in [5.74, 6) is -0.144. The summed E-state index contributed by atoms with van der Waals surface area (Å²) in [6, 6.07) is 15.8. The highest BCUT2D eigenvalue weighted by molar-refractivity contribution is 5.36. The fourth-order valence-corrected chi connectivity index (χ4v) is 3.56. The maximum atomic E-state index is 6.43. The summed E-state index contributed by atoms with van der Waals surface area (Å²) in [6.07, 6.45) is 6.75. The van der Waals surface area contributed by atoms with Gasteiger partial charge in [0.05, 0.1) is 25.2 Å². The molecule has 0 aliphatic carbocycles. The predicted molar refractivity (Wildman–Crippen MR) is 111 cm³/mol. The van der Waals surface area contributed by atoms with Gasteiger partial charge in [-0.3, -0.25) is 0 Å². The van der Waals surface area contributed by atoms with E-state index >= 15 is 0 Å². The molecule has 0 radical (unpaired) electrons. The van der Waals surface area contributed by atoms with Crippen LogP contribution in [0.25, 0.3) is 5.69 Å². The zero-order valence-electron chi connectivity index (χ0n) is 17.0. The lowest BCUT2D eigenvalue weighted by Crippen LogP contribution is -2.34. The Morgan fingerprint density at radius 1 is 1.10 bits per heavy atom. The Labute approximate surface area is 179 Å². The van der Waals surface area contributed by atoms with Gasteiger partial charge in [-0.2, -0.15) is 0 Å². The van der Waals surface area contributed by atoms with E-state index in [9.17, 15) is 0 Å². The van der Waals surface area contributed by atoms with E-state index in [2.05, 4.69) is 39.6 Å². The molecule has 0 bridgehead atoms. The molecule has 0 spiro atoms. The van der Waals surface area contributed by atoms with Gasteiger partial charge in [0.25, 0.3) is 0 Å². The lowest BCUT2D eigenvalue weighted by atomic mass is 10.0. The van der Waals surface area contributed by atoms with Crippen molar-refractivity contribution in [3.8, 4) is 11.4 Å². The van der Waals surface area contributed by atoms with E-state index in [1.54, 1.807) is 23.5 Å². The van der Waals surface area contributed by atoms with Gasteiger partial charge in [-0.05, 0) is 41.6 Å². The first-order valence-electron chi connectivity index (χ1n) is 10.0. The van der Waals surface area contributed by atoms with Crippen molar-refractivity contribution in [1.29, 1.82) is 0 Å². The lowest BCUT2D eigenvalue weighted by molar-refractivity contribution is -0.189. The molecule has 3 heterocycles. The molecule has 2 aromatic heterocycles. The summed E-state index contributed by atoms with van der Waals surface area (Å²) < 4.78 is 22.2. The van der Waals surface area contributed by atoms with Crippen molar-refractivity contribution in [1.82, 2.24) is 29.8 Å². The molecule has 1 fully saturated rings. The minimum absolute atomic E-state index is 0.205. The summed E-state index contributed by atoms with van der Waals surface area (Å²) in [5.41, 5.74) is 3.01. The molecule has 1 aliphatic heterocycles. The Kier molecular flexibility index (Phi) is 5.19. The predicted octanol–water partition coefficient (Wildman–Crippen LogP) is 2.51. The summed E-state index contributed by atoms with van der Waals surface area (Å²) in [5, 5.41) is 11.2. The van der Waals surface area contributed by atoms with Crippen LogP contribution in [0.5, 0.6) is 5.75 Å². The highest BCUT2D eigenvalue weighted by atomic mass is 16.8. The highest BCUT2D eigenvalue weighted by Crippen LogP contribution is 2.36. The monoisotopic (exact) mass is 418 g/mol. The zero-order valence-corrected chi connectivity index (χ0v) is 17.0. The fraction of sp³-hybridized carbons (Fsp3) is 0.273. The molecule has 5 rings (SSSR count). The molecule has 9 heteroatoms. The Hall–Kier alpha value is -3.56. The number of rotatable bonds is 7. The Bertz CT molecular complexity index is 1100. The van der Waals surface area contributed by atoms with Crippen LogP contribution in [0, 0.1) is 6.92 Å². The van der Waals surface area contributed by atoms with Gasteiger partial charge in [0.1, 0.15) is 24.8 Å². The third kappa shape index (κ3) is 4.18. The van der Waals surface area contributed by atoms with E-state index in [-0.39, 0.29) is 6.10 Å². The van der Waals surface area contributed by atoms with Crippen LogP contribution in [0.4, 0.5) is 0 Å². The van der Waals surface area contributed by atoms with Crippen LogP contribution < -0.4 is 4.74 Å². The Morgan fingerprint density at radius 3 is 2.65 bits per heavy atom. The summed E-state index contributed by atoms with van der Waals surface area (Å²) in [7, 11) is 0. The number of hydrogen-bond donors (Lipinski definition) is 0. The molecular formula is C22H22N6O3. The van der Waals surface area contributed by atoms with Gasteiger partial charge in [-0.25, -0.2) is 9.67 Å². The maximum Gasteiger partial charge on any atom is 0.214 e. The molecule has 2 atom stereocenters. The van der Waals surface area contributed by atoms with Crippen LogP contribution >= 0.6 is 0 Å². The molecule has 1 aliphatic rings. The van der Waals surface area contributed by atoms with Crippen molar-refractivity contribution < 1.29 is 14.2 Å². The summed E-state index contributed by atoms with van der Waals surface area (Å²) in [6.45, 7) is 3.38. The molecule has 0 amide bonds. The Balaban J connectivity index is 1.27. The molecule has 1 saturated heterocycles. The first-order valence-corrected chi connectivity index (χ1v) is 10.0. The SMILES string of the molecule is Cc1ccc(C2(Cn3ccnc3)OCC(COc3ccc(-n4cnnn4)cc3)O2)cc1. The van der Waals surface area contributed by atoms with Crippen molar-refractivity contribution in [2.45, 2.75) is 25.4 Å². The largest absolute Gasteiger partial charge is 0.491 e. The van der Waals surface area contributed by atoms with Crippen LogP contribution in [-0.2, 0) is 21.8 Å². The highest BCUT2D eigenvalue weighted by Gasteiger charge is 2.44. The molecule has 2 aromatic carbocycles. The van der Waals surface area contributed by atoms with Crippen LogP contribution in [-0.4, -0.2) is 49.1 Å². The minimum Gasteiger partial charge on any atom is -0.491 e. The number of imidazole rings is 1. The van der Waals surface area contributed by atoms with Crippen LogP contribution in [0.2, 0.25) is 0 Å². The number of ether oxygens (including phenoxy) is 3. The van der Waals surface area contributed by atoms with Gasteiger partial charge in [-0.15, -0.1) is 5.10 Å². The van der Waals surface area contributed by atoms with Gasteiger partial charge >= 0.3 is 0 Å². The number of nitrogens with zero attached hydrogens (tertiary/aromatic N) is 6. The van der Waals surface area contributed by atoms with Crippen LogP contribution in [0.3, 0.4) is 0 Å². The lowest BCUT2D eigenvalue weighted by Gasteiger charge is -2.29. The van der Waals surface area contributed by atoms with E-state index in [0.717, 1.165) is 17.0 Å². The van der Waals surface area contributed by atoms with E-state index in [4.69, 9.17) is 14.2 Å². The first-order chi connectivity index (χ1) is 15.2. The second-order valence-corrected chi connectivity index (χ2v) is 7.46. The molecule has 9 nitrogen and oxygen atoms in total. The first kappa shape index (κ1) is 19.4. The normalized spacial score (nSPS) is 20.7. The summed E-state index contributed by atoms with van der Waals surface area (Å²) in [4.78, 5) is 4.14. The standard InChI is InChI=1S/C22H22N6O3/c1-17-2-4-18(5-3-17)22(14-27-11-10-23-15-27)30-13-21(31-22)12-29-20-8-6-19(7-9-20)28-16-24-25-26-28/h2-11,15-16,21H,12-14H2,1H3. The maximum absolute atomic E-state index is 6.43. The second-order valence-electron chi connectivity index (χ2n) is 7.46. The minimum atomic E-state index is -0.883. The number of aromatic nitrogens is 6. The van der Waals surface area contributed by atoms with E-state index < -0.39 is 5.79 Å². The molecule has 2 unspecified atom stereocenters. The van der Waals surface area contributed by atoms with Gasteiger partial charge in [0.2, 0.25) is 5.79 Å². The van der Waals surface area contributed by atoms with Crippen molar-refractivity contribution in [2.24, 2.45) is 0 Å². The molecule has 31 heavy (non-hydrogen) atoms. The average molecular weight is 418 g/mol. The second kappa shape index (κ2) is 8.29. The number of benzene rings is 2. The average Bonchev–Trinajstić information content (AvgIpc) is 3.57. The molecule has 158 valence electrons. The van der Waals surface area contributed by atoms with Gasteiger partial charge in [0.15, 0.2) is 0 Å².